The summed E-state index contributed by atoms with van der Waals surface area (Å²) in [5.41, 5.74) is 4.82. The highest BCUT2D eigenvalue weighted by Crippen LogP contribution is 2.24. The first-order valence-electron chi connectivity index (χ1n) is 9.98. The van der Waals surface area contributed by atoms with Gasteiger partial charge >= 0.3 is 0 Å². The summed E-state index contributed by atoms with van der Waals surface area (Å²) in [4.78, 5) is 4.56. The van der Waals surface area contributed by atoms with Crippen LogP contribution in [0.1, 0.15) is 64.4 Å². The van der Waals surface area contributed by atoms with Crippen LogP contribution in [0.4, 0.5) is 0 Å². The Morgan fingerprint density at radius 1 is 1.19 bits per heavy atom. The van der Waals surface area contributed by atoms with E-state index in [0.29, 0.717) is 0 Å². The highest BCUT2D eigenvalue weighted by Gasteiger charge is 2.10. The number of rotatable bonds is 8. The number of hydrogen-bond donors (Lipinski definition) is 0. The Balaban J connectivity index is 2.18. The molecule has 0 heterocycles. The fourth-order valence-corrected chi connectivity index (χ4v) is 3.19. The van der Waals surface area contributed by atoms with Crippen molar-refractivity contribution in [2.45, 2.75) is 58.8 Å². The lowest BCUT2D eigenvalue weighted by molar-refractivity contribution is 0.306. The van der Waals surface area contributed by atoms with E-state index >= 15 is 0 Å². The molecule has 0 atom stereocenters. The third-order valence-corrected chi connectivity index (χ3v) is 4.75. The van der Waals surface area contributed by atoms with Gasteiger partial charge in [0.1, 0.15) is 5.75 Å². The smallest absolute Gasteiger partial charge is 0.128 e. The zero-order chi connectivity index (χ0) is 18.6. The first kappa shape index (κ1) is 20.2. The number of hydrogen-bond acceptors (Lipinski definition) is 2. The Morgan fingerprint density at radius 2 is 2.04 bits per heavy atom. The van der Waals surface area contributed by atoms with Gasteiger partial charge < -0.3 is 4.74 Å². The van der Waals surface area contributed by atoms with Gasteiger partial charge in [-0.25, -0.2) is 0 Å². The average Bonchev–Trinajstić information content (AvgIpc) is 2.63. The molecule has 0 amide bonds. The summed E-state index contributed by atoms with van der Waals surface area (Å²) in [7, 11) is 1.86. The third-order valence-electron chi connectivity index (χ3n) is 4.75. The van der Waals surface area contributed by atoms with Gasteiger partial charge in [0.25, 0.3) is 0 Å². The van der Waals surface area contributed by atoms with Crippen molar-refractivity contribution >= 4 is 5.71 Å². The summed E-state index contributed by atoms with van der Waals surface area (Å²) >= 11 is 0. The number of para-hydroxylation sites is 1. The summed E-state index contributed by atoms with van der Waals surface area (Å²) in [5, 5.41) is 0. The molecular weight excluding hydrogens is 318 g/mol. The third kappa shape index (κ3) is 6.33. The number of unbranched alkanes of at least 4 members (excludes halogenated alkanes) is 2. The molecule has 0 bridgehead atoms. The van der Waals surface area contributed by atoms with Gasteiger partial charge in [0.05, 0.1) is 12.3 Å². The van der Waals surface area contributed by atoms with Crippen LogP contribution in [0.3, 0.4) is 0 Å². The Kier molecular flexibility index (Phi) is 8.95. The molecule has 0 saturated carbocycles. The minimum Gasteiger partial charge on any atom is -0.493 e. The maximum atomic E-state index is 6.05. The van der Waals surface area contributed by atoms with Gasteiger partial charge in [0, 0.05) is 12.6 Å². The summed E-state index contributed by atoms with van der Waals surface area (Å²) in [6, 6.07) is 8.25. The number of benzene rings is 1. The highest BCUT2D eigenvalue weighted by atomic mass is 16.5. The van der Waals surface area contributed by atoms with Crippen LogP contribution in [0.5, 0.6) is 5.75 Å². The lowest BCUT2D eigenvalue weighted by Gasteiger charge is -2.14. The SMILES string of the molecule is CCCCCOc1ccccc1C(/C=C(C)/C1=C/C/C=C\CCC1)=NC. The molecule has 0 aromatic heterocycles. The maximum Gasteiger partial charge on any atom is 0.128 e. The van der Waals surface area contributed by atoms with E-state index in [1.54, 1.807) is 0 Å². The first-order chi connectivity index (χ1) is 12.8. The fourth-order valence-electron chi connectivity index (χ4n) is 3.19. The minimum atomic E-state index is 0.766. The van der Waals surface area contributed by atoms with Crippen LogP contribution in [0.15, 0.2) is 64.7 Å². The Hall–Kier alpha value is -2.09. The van der Waals surface area contributed by atoms with Crippen molar-refractivity contribution in [3.05, 3.63) is 65.3 Å². The molecule has 1 aromatic rings. The fraction of sp³-hybridized carbons (Fsp3) is 0.458. The lowest BCUT2D eigenvalue weighted by Crippen LogP contribution is -2.05. The number of nitrogens with zero attached hydrogens (tertiary/aromatic N) is 1. The van der Waals surface area contributed by atoms with Crippen LogP contribution in [0, 0.1) is 0 Å². The monoisotopic (exact) mass is 351 g/mol. The Morgan fingerprint density at radius 3 is 2.85 bits per heavy atom. The largest absolute Gasteiger partial charge is 0.493 e. The van der Waals surface area contributed by atoms with Crippen molar-refractivity contribution in [3.63, 3.8) is 0 Å². The Bertz CT molecular complexity index is 679. The van der Waals surface area contributed by atoms with E-state index in [0.717, 1.165) is 42.9 Å². The molecule has 0 radical (unpaired) electrons. The summed E-state index contributed by atoms with van der Waals surface area (Å²) in [6.45, 7) is 5.18. The molecule has 1 aromatic carbocycles. The van der Waals surface area contributed by atoms with Crippen molar-refractivity contribution in [2.75, 3.05) is 13.7 Å². The summed E-state index contributed by atoms with van der Waals surface area (Å²) in [5.74, 6) is 0.933. The second kappa shape index (κ2) is 11.5. The molecule has 1 aliphatic carbocycles. The molecule has 2 heteroatoms. The predicted molar refractivity (Wildman–Crippen MR) is 113 cm³/mol. The number of allylic oxidation sites excluding steroid dienone is 6. The van der Waals surface area contributed by atoms with Gasteiger partial charge in [-0.05, 0) is 68.4 Å². The van der Waals surface area contributed by atoms with E-state index < -0.39 is 0 Å². The second-order valence-electron chi connectivity index (χ2n) is 6.82. The summed E-state index contributed by atoms with van der Waals surface area (Å²) < 4.78 is 6.05. The van der Waals surface area contributed by atoms with Crippen LogP contribution < -0.4 is 4.74 Å². The van der Waals surface area contributed by atoms with E-state index in [2.05, 4.69) is 61.3 Å². The van der Waals surface area contributed by atoms with Crippen molar-refractivity contribution < 1.29 is 4.74 Å². The van der Waals surface area contributed by atoms with Crippen LogP contribution in [-0.4, -0.2) is 19.4 Å². The van der Waals surface area contributed by atoms with E-state index in [4.69, 9.17) is 4.74 Å². The topological polar surface area (TPSA) is 21.6 Å². The van der Waals surface area contributed by atoms with E-state index in [1.807, 2.05) is 13.1 Å². The van der Waals surface area contributed by atoms with Crippen LogP contribution in [0.25, 0.3) is 0 Å². The number of aliphatic imine (C=N–C) groups is 1. The maximum absolute atomic E-state index is 6.05. The van der Waals surface area contributed by atoms with Crippen LogP contribution >= 0.6 is 0 Å². The predicted octanol–water partition coefficient (Wildman–Crippen LogP) is 6.68. The zero-order valence-corrected chi connectivity index (χ0v) is 16.6. The first-order valence-corrected chi connectivity index (χ1v) is 9.98. The van der Waals surface area contributed by atoms with Gasteiger partial charge in [0.2, 0.25) is 0 Å². The van der Waals surface area contributed by atoms with Crippen molar-refractivity contribution in [1.29, 1.82) is 0 Å². The summed E-state index contributed by atoms with van der Waals surface area (Å²) in [6.07, 6.45) is 17.2. The molecule has 2 nitrogen and oxygen atoms in total. The van der Waals surface area contributed by atoms with E-state index in [-0.39, 0.29) is 0 Å². The minimum absolute atomic E-state index is 0.766. The highest BCUT2D eigenvalue weighted by molar-refractivity contribution is 6.11. The van der Waals surface area contributed by atoms with Gasteiger partial charge in [0.15, 0.2) is 0 Å². The van der Waals surface area contributed by atoms with Crippen molar-refractivity contribution in [3.8, 4) is 5.75 Å². The molecule has 2 rings (SSSR count). The molecule has 0 spiro atoms. The van der Waals surface area contributed by atoms with E-state index in [1.165, 1.54) is 36.8 Å². The normalized spacial score (nSPS) is 19.3. The number of ether oxygens (including phenoxy) is 1. The molecule has 0 fully saturated rings. The lowest BCUT2D eigenvalue weighted by atomic mass is 9.96. The molecule has 1 aliphatic rings. The molecule has 0 N–H and O–H groups in total. The molecule has 0 saturated heterocycles. The van der Waals surface area contributed by atoms with E-state index in [9.17, 15) is 0 Å². The van der Waals surface area contributed by atoms with Gasteiger partial charge in [-0.15, -0.1) is 0 Å². The molecular formula is C24H33NO. The van der Waals surface area contributed by atoms with Crippen molar-refractivity contribution in [1.82, 2.24) is 0 Å². The van der Waals surface area contributed by atoms with Crippen LogP contribution in [-0.2, 0) is 0 Å². The molecule has 0 aliphatic heterocycles. The zero-order valence-electron chi connectivity index (χ0n) is 16.6. The van der Waals surface area contributed by atoms with Crippen molar-refractivity contribution in [2.24, 2.45) is 4.99 Å². The Labute approximate surface area is 159 Å². The molecule has 0 unspecified atom stereocenters. The molecule has 26 heavy (non-hydrogen) atoms. The van der Waals surface area contributed by atoms with Gasteiger partial charge in [-0.2, -0.15) is 0 Å². The second-order valence-corrected chi connectivity index (χ2v) is 6.82. The molecule has 140 valence electrons. The van der Waals surface area contributed by atoms with Gasteiger partial charge in [-0.1, -0.05) is 50.1 Å². The standard InChI is InChI=1S/C24H33NO/c1-4-5-13-18-26-24-17-12-11-16-22(24)23(25-3)19-20(2)21-14-9-7-6-8-10-15-21/h6-7,11-12,14,16-17,19H,4-5,8-10,13,15,18H2,1-3H3/b7-6-,20-19+,21-14+,25-23?. The quantitative estimate of drug-likeness (QED) is 0.291. The van der Waals surface area contributed by atoms with Crippen LogP contribution in [0.2, 0.25) is 0 Å². The average molecular weight is 352 g/mol. The van der Waals surface area contributed by atoms with Gasteiger partial charge in [-0.3, -0.25) is 4.99 Å².